The third-order valence-electron chi connectivity index (χ3n) is 3.40. The molecule has 0 aromatic heterocycles. The van der Waals surface area contributed by atoms with Gasteiger partial charge in [0.25, 0.3) is 0 Å². The third kappa shape index (κ3) is 3.92. The molecule has 5 heteroatoms. The van der Waals surface area contributed by atoms with Crippen molar-refractivity contribution >= 4 is 11.6 Å². The largest absolute Gasteiger partial charge is 0.371 e. The number of nitrogens with one attached hydrogen (secondary N) is 2. The Kier molecular flexibility index (Phi) is 4.74. The Hall–Kier alpha value is -1.62. The maximum Gasteiger partial charge on any atom is 0.233 e. The second kappa shape index (κ2) is 6.52. The Morgan fingerprint density at radius 3 is 2.84 bits per heavy atom. The fraction of sp³-hybridized carbons (Fsp3) is 0.500. The molecule has 0 radical (unpaired) electrons. The van der Waals surface area contributed by atoms with Gasteiger partial charge in [0.2, 0.25) is 5.91 Å². The Balaban J connectivity index is 1.80. The molecule has 19 heavy (non-hydrogen) atoms. The van der Waals surface area contributed by atoms with Crippen LogP contribution in [0.1, 0.15) is 6.42 Å². The van der Waals surface area contributed by atoms with Crippen molar-refractivity contribution in [3.05, 3.63) is 30.1 Å². The van der Waals surface area contributed by atoms with Crippen molar-refractivity contribution in [2.24, 2.45) is 5.92 Å². The number of likely N-dealkylation sites (N-methyl/N-ethyl adjacent to an activating group) is 1. The highest BCUT2D eigenvalue weighted by Crippen LogP contribution is 2.23. The van der Waals surface area contributed by atoms with Crippen LogP contribution in [0.5, 0.6) is 0 Å². The first-order chi connectivity index (χ1) is 9.19. The smallest absolute Gasteiger partial charge is 0.233 e. The van der Waals surface area contributed by atoms with Crippen molar-refractivity contribution in [1.82, 2.24) is 10.6 Å². The average molecular weight is 265 g/mol. The van der Waals surface area contributed by atoms with Gasteiger partial charge in [-0.15, -0.1) is 0 Å². The van der Waals surface area contributed by atoms with E-state index in [1.807, 2.05) is 0 Å². The number of nitrogens with zero attached hydrogens (tertiary/aromatic N) is 1. The molecule has 1 saturated heterocycles. The van der Waals surface area contributed by atoms with E-state index in [1.165, 1.54) is 12.1 Å². The fourth-order valence-electron chi connectivity index (χ4n) is 2.37. The van der Waals surface area contributed by atoms with Crippen LogP contribution in [0.3, 0.4) is 0 Å². The summed E-state index contributed by atoms with van der Waals surface area (Å²) in [6, 6.07) is 6.57. The van der Waals surface area contributed by atoms with Crippen LogP contribution in [0.4, 0.5) is 10.1 Å². The van der Waals surface area contributed by atoms with Gasteiger partial charge in [-0.25, -0.2) is 4.39 Å². The number of anilines is 1. The quantitative estimate of drug-likeness (QED) is 0.834. The molecule has 4 nitrogen and oxygen atoms in total. The van der Waals surface area contributed by atoms with Gasteiger partial charge in [-0.3, -0.25) is 4.79 Å². The zero-order chi connectivity index (χ0) is 13.7. The molecule has 1 amide bonds. The van der Waals surface area contributed by atoms with Crippen LogP contribution in [0.2, 0.25) is 0 Å². The van der Waals surface area contributed by atoms with Crippen molar-refractivity contribution in [3.8, 4) is 0 Å². The van der Waals surface area contributed by atoms with Crippen molar-refractivity contribution in [1.29, 1.82) is 0 Å². The predicted octanol–water partition coefficient (Wildman–Crippen LogP) is 0.988. The van der Waals surface area contributed by atoms with Crippen LogP contribution < -0.4 is 15.5 Å². The summed E-state index contributed by atoms with van der Waals surface area (Å²) < 4.78 is 12.9. The van der Waals surface area contributed by atoms with Gasteiger partial charge in [-0.05, 0) is 43.7 Å². The zero-order valence-corrected chi connectivity index (χ0v) is 11.2. The van der Waals surface area contributed by atoms with Crippen LogP contribution in [-0.2, 0) is 4.79 Å². The summed E-state index contributed by atoms with van der Waals surface area (Å²) in [5.74, 6) is 0.285. The molecule has 0 bridgehead atoms. The summed E-state index contributed by atoms with van der Waals surface area (Å²) >= 11 is 0. The van der Waals surface area contributed by atoms with Crippen molar-refractivity contribution in [3.63, 3.8) is 0 Å². The Labute approximate surface area is 113 Å². The Morgan fingerprint density at radius 2 is 2.16 bits per heavy atom. The van der Waals surface area contributed by atoms with Crippen molar-refractivity contribution < 1.29 is 9.18 Å². The van der Waals surface area contributed by atoms with Crippen LogP contribution >= 0.6 is 0 Å². The lowest BCUT2D eigenvalue weighted by atomic mass is 10.1. The summed E-state index contributed by atoms with van der Waals surface area (Å²) in [6.07, 6.45) is 1.05. The van der Waals surface area contributed by atoms with E-state index >= 15 is 0 Å². The number of benzene rings is 1. The van der Waals surface area contributed by atoms with E-state index in [9.17, 15) is 9.18 Å². The molecule has 1 fully saturated rings. The highest BCUT2D eigenvalue weighted by Gasteiger charge is 2.22. The van der Waals surface area contributed by atoms with Crippen molar-refractivity contribution in [2.75, 3.05) is 38.1 Å². The fourth-order valence-corrected chi connectivity index (χ4v) is 2.37. The van der Waals surface area contributed by atoms with Crippen LogP contribution in [0.25, 0.3) is 0 Å². The Morgan fingerprint density at radius 1 is 1.42 bits per heavy atom. The number of carbonyl (C=O) groups is 1. The normalized spacial score (nSPS) is 18.6. The molecule has 1 aliphatic heterocycles. The van der Waals surface area contributed by atoms with E-state index in [1.54, 1.807) is 19.2 Å². The summed E-state index contributed by atoms with van der Waals surface area (Å²) in [5, 5.41) is 5.74. The predicted molar refractivity (Wildman–Crippen MR) is 73.7 cm³/mol. The topological polar surface area (TPSA) is 44.4 Å². The maximum absolute atomic E-state index is 12.9. The summed E-state index contributed by atoms with van der Waals surface area (Å²) in [4.78, 5) is 13.6. The molecule has 1 heterocycles. The molecule has 2 rings (SSSR count). The van der Waals surface area contributed by atoms with E-state index in [0.29, 0.717) is 19.0 Å². The van der Waals surface area contributed by atoms with E-state index < -0.39 is 0 Å². The maximum atomic E-state index is 12.9. The first-order valence-electron chi connectivity index (χ1n) is 6.61. The first kappa shape index (κ1) is 13.8. The number of amides is 1. The minimum absolute atomic E-state index is 0.0303. The molecular formula is C14H20FN3O. The van der Waals surface area contributed by atoms with Gasteiger partial charge in [0.15, 0.2) is 0 Å². The molecule has 1 aromatic rings. The highest BCUT2D eigenvalue weighted by molar-refractivity contribution is 5.77. The molecule has 2 N–H and O–H groups in total. The minimum atomic E-state index is -0.209. The van der Waals surface area contributed by atoms with E-state index in [-0.39, 0.29) is 11.7 Å². The molecular weight excluding hydrogens is 245 g/mol. The number of halogens is 1. The van der Waals surface area contributed by atoms with Crippen LogP contribution in [-0.4, -0.2) is 39.1 Å². The van der Waals surface area contributed by atoms with Gasteiger partial charge in [0, 0.05) is 25.3 Å². The average Bonchev–Trinajstić information content (AvgIpc) is 2.86. The van der Waals surface area contributed by atoms with E-state index in [4.69, 9.17) is 0 Å². The zero-order valence-electron chi connectivity index (χ0n) is 11.2. The number of carbonyl (C=O) groups excluding carboxylic acids is 1. The molecule has 1 aromatic carbocycles. The lowest BCUT2D eigenvalue weighted by Gasteiger charge is -2.18. The summed E-state index contributed by atoms with van der Waals surface area (Å²) in [5.41, 5.74) is 1.05. The monoisotopic (exact) mass is 265 g/mol. The molecule has 0 spiro atoms. The van der Waals surface area contributed by atoms with Gasteiger partial charge in [0.05, 0.1) is 6.54 Å². The molecule has 1 atom stereocenters. The van der Waals surface area contributed by atoms with Gasteiger partial charge in [-0.1, -0.05) is 0 Å². The van der Waals surface area contributed by atoms with Crippen LogP contribution in [0, 0.1) is 11.7 Å². The van der Waals surface area contributed by atoms with Crippen molar-refractivity contribution in [2.45, 2.75) is 6.42 Å². The molecule has 1 unspecified atom stereocenters. The third-order valence-corrected chi connectivity index (χ3v) is 3.40. The SMILES string of the molecule is CNCC(=O)NCC1CCN(c2ccc(F)cc2)C1. The highest BCUT2D eigenvalue weighted by atomic mass is 19.1. The summed E-state index contributed by atoms with van der Waals surface area (Å²) in [6.45, 7) is 2.93. The second-order valence-corrected chi connectivity index (χ2v) is 4.91. The molecule has 104 valence electrons. The van der Waals surface area contributed by atoms with Gasteiger partial charge in [0.1, 0.15) is 5.82 Å². The molecule has 0 aliphatic carbocycles. The second-order valence-electron chi connectivity index (χ2n) is 4.91. The van der Waals surface area contributed by atoms with Crippen LogP contribution in [0.15, 0.2) is 24.3 Å². The molecule has 0 saturated carbocycles. The van der Waals surface area contributed by atoms with E-state index in [2.05, 4.69) is 15.5 Å². The molecule has 1 aliphatic rings. The Bertz CT molecular complexity index is 421. The number of hydrogen-bond acceptors (Lipinski definition) is 3. The minimum Gasteiger partial charge on any atom is -0.371 e. The van der Waals surface area contributed by atoms with Gasteiger partial charge in [-0.2, -0.15) is 0 Å². The van der Waals surface area contributed by atoms with Gasteiger partial charge < -0.3 is 15.5 Å². The van der Waals surface area contributed by atoms with E-state index in [0.717, 1.165) is 25.2 Å². The number of hydrogen-bond donors (Lipinski definition) is 2. The lowest BCUT2D eigenvalue weighted by Crippen LogP contribution is -2.36. The first-order valence-corrected chi connectivity index (χ1v) is 6.61. The standard InChI is InChI=1S/C14H20FN3O/c1-16-9-14(19)17-8-11-6-7-18(10-11)13-4-2-12(15)3-5-13/h2-5,11,16H,6-10H2,1H3,(H,17,19). The lowest BCUT2D eigenvalue weighted by molar-refractivity contribution is -0.120. The summed E-state index contributed by atoms with van der Waals surface area (Å²) in [7, 11) is 1.76. The van der Waals surface area contributed by atoms with Gasteiger partial charge >= 0.3 is 0 Å². The number of rotatable bonds is 5.